The van der Waals surface area contributed by atoms with E-state index in [1.54, 1.807) is 31.5 Å². The average molecular weight is 394 g/mol. The van der Waals surface area contributed by atoms with Crippen molar-refractivity contribution in [2.45, 2.75) is 44.6 Å². The third-order valence-electron chi connectivity index (χ3n) is 6.78. The Balaban J connectivity index is 1.40. The molecule has 0 unspecified atom stereocenters. The van der Waals surface area contributed by atoms with Gasteiger partial charge in [0.05, 0.1) is 17.6 Å². The number of carbonyl (C=O) groups is 2. The predicted octanol–water partition coefficient (Wildman–Crippen LogP) is 2.35. The first-order valence-corrected chi connectivity index (χ1v) is 10.4. The molecular weight excluding hydrogens is 368 g/mol. The lowest BCUT2D eigenvalue weighted by Gasteiger charge is -2.50. The number of aromatic nitrogens is 2. The van der Waals surface area contributed by atoms with Crippen molar-refractivity contribution in [2.24, 2.45) is 5.92 Å². The van der Waals surface area contributed by atoms with Crippen LogP contribution < -0.4 is 0 Å². The number of phenols is 1. The zero-order valence-electron chi connectivity index (χ0n) is 16.6. The third-order valence-corrected chi connectivity index (χ3v) is 6.78. The van der Waals surface area contributed by atoms with Gasteiger partial charge >= 0.3 is 0 Å². The topological polar surface area (TPSA) is 89.5 Å². The number of aromatic amines is 1. The Labute approximate surface area is 169 Å². The van der Waals surface area contributed by atoms with Crippen LogP contribution in [0.15, 0.2) is 24.5 Å². The third kappa shape index (κ3) is 2.91. The number of amides is 2. The number of H-pyrrole nitrogens is 1. The quantitative estimate of drug-likeness (QED) is 0.818. The highest BCUT2D eigenvalue weighted by Gasteiger charge is 2.51. The van der Waals surface area contributed by atoms with E-state index in [-0.39, 0.29) is 23.5 Å². The molecule has 1 aliphatic carbocycles. The van der Waals surface area contributed by atoms with E-state index in [0.29, 0.717) is 37.1 Å². The number of carbonyl (C=O) groups excluding carboxylic acids is 2. The van der Waals surface area contributed by atoms with Gasteiger partial charge in [-0.1, -0.05) is 0 Å². The molecule has 2 N–H and O–H groups in total. The van der Waals surface area contributed by atoms with Crippen LogP contribution in [0.5, 0.6) is 5.75 Å². The summed E-state index contributed by atoms with van der Waals surface area (Å²) >= 11 is 0. The lowest BCUT2D eigenvalue weighted by atomic mass is 9.78. The van der Waals surface area contributed by atoms with Gasteiger partial charge in [0.25, 0.3) is 5.91 Å². The van der Waals surface area contributed by atoms with Crippen LogP contribution in [-0.2, 0) is 16.8 Å². The number of aryl methyl sites for hydroxylation is 1. The van der Waals surface area contributed by atoms with Crippen molar-refractivity contribution in [3.05, 3.63) is 47.0 Å². The van der Waals surface area contributed by atoms with Gasteiger partial charge in [0.2, 0.25) is 5.91 Å². The number of likely N-dealkylation sites (tertiary alicyclic amines) is 1. The minimum atomic E-state index is -0.408. The lowest BCUT2D eigenvalue weighted by molar-refractivity contribution is -0.143. The van der Waals surface area contributed by atoms with Gasteiger partial charge in [-0.15, -0.1) is 0 Å². The van der Waals surface area contributed by atoms with Crippen LogP contribution in [0.3, 0.4) is 0 Å². The Morgan fingerprint density at radius 2 is 1.97 bits per heavy atom. The Hall–Kier alpha value is -2.83. The number of hydrogen-bond donors (Lipinski definition) is 2. The van der Waals surface area contributed by atoms with Gasteiger partial charge in [-0.2, -0.15) is 0 Å². The number of rotatable bonds is 2. The number of piperidine rings is 1. The molecule has 2 amide bonds. The van der Waals surface area contributed by atoms with Crippen LogP contribution in [0.4, 0.5) is 0 Å². The number of phenolic OH excluding ortho intramolecular Hbond substituents is 1. The highest BCUT2D eigenvalue weighted by Crippen LogP contribution is 2.45. The second-order valence-corrected chi connectivity index (χ2v) is 8.57. The highest BCUT2D eigenvalue weighted by atomic mass is 16.3. The van der Waals surface area contributed by atoms with Crippen LogP contribution in [0.25, 0.3) is 0 Å². The Morgan fingerprint density at radius 1 is 1.21 bits per heavy atom. The summed E-state index contributed by atoms with van der Waals surface area (Å²) in [7, 11) is 0. The second-order valence-electron chi connectivity index (χ2n) is 8.57. The minimum Gasteiger partial charge on any atom is -0.508 e. The maximum Gasteiger partial charge on any atom is 0.253 e. The molecule has 3 heterocycles. The van der Waals surface area contributed by atoms with E-state index in [4.69, 9.17) is 0 Å². The number of nitrogens with one attached hydrogen (secondary N) is 1. The van der Waals surface area contributed by atoms with Gasteiger partial charge in [-0.3, -0.25) is 9.59 Å². The van der Waals surface area contributed by atoms with Gasteiger partial charge in [0.15, 0.2) is 0 Å². The number of aromatic hydroxyl groups is 1. The zero-order valence-corrected chi connectivity index (χ0v) is 16.6. The summed E-state index contributed by atoms with van der Waals surface area (Å²) in [6.45, 7) is 3.68. The Morgan fingerprint density at radius 3 is 2.66 bits per heavy atom. The molecule has 152 valence electrons. The van der Waals surface area contributed by atoms with Crippen LogP contribution in [-0.4, -0.2) is 56.3 Å². The molecule has 7 heteroatoms. The molecule has 7 nitrogen and oxygen atoms in total. The molecule has 1 spiro atoms. The maximum atomic E-state index is 13.1. The van der Waals surface area contributed by atoms with E-state index < -0.39 is 5.54 Å². The number of benzene rings is 1. The van der Waals surface area contributed by atoms with E-state index in [2.05, 4.69) is 14.9 Å². The summed E-state index contributed by atoms with van der Waals surface area (Å²) in [5.74, 6) is 0.599. The monoisotopic (exact) mass is 394 g/mol. The summed E-state index contributed by atoms with van der Waals surface area (Å²) in [6.07, 6.45) is 5.92. The van der Waals surface area contributed by atoms with Crippen molar-refractivity contribution < 1.29 is 14.7 Å². The molecule has 5 rings (SSSR count). The fourth-order valence-electron chi connectivity index (χ4n) is 4.91. The highest BCUT2D eigenvalue weighted by molar-refractivity contribution is 5.94. The molecule has 1 aromatic carbocycles. The molecule has 1 saturated carbocycles. The fraction of sp³-hybridized carbons (Fsp3) is 0.500. The van der Waals surface area contributed by atoms with E-state index in [1.807, 2.05) is 4.90 Å². The van der Waals surface area contributed by atoms with Crippen molar-refractivity contribution in [1.82, 2.24) is 19.8 Å². The van der Waals surface area contributed by atoms with Crippen LogP contribution >= 0.6 is 0 Å². The summed E-state index contributed by atoms with van der Waals surface area (Å²) in [5, 5.41) is 9.73. The van der Waals surface area contributed by atoms with Gasteiger partial charge in [0, 0.05) is 43.2 Å². The zero-order chi connectivity index (χ0) is 20.2. The fourth-order valence-corrected chi connectivity index (χ4v) is 4.91. The number of nitrogens with zero attached hydrogens (tertiary/aromatic N) is 3. The Kier molecular flexibility index (Phi) is 4.15. The van der Waals surface area contributed by atoms with Crippen LogP contribution in [0, 0.1) is 12.8 Å². The van der Waals surface area contributed by atoms with Gasteiger partial charge < -0.3 is 19.9 Å². The lowest BCUT2D eigenvalue weighted by Crippen LogP contribution is -2.59. The van der Waals surface area contributed by atoms with Crippen molar-refractivity contribution in [3.8, 4) is 5.75 Å². The molecule has 0 atom stereocenters. The molecule has 2 aromatic rings. The van der Waals surface area contributed by atoms with Crippen molar-refractivity contribution in [1.29, 1.82) is 0 Å². The summed E-state index contributed by atoms with van der Waals surface area (Å²) in [6, 6.07) is 4.98. The summed E-state index contributed by atoms with van der Waals surface area (Å²) < 4.78 is 0. The SMILES string of the molecule is Cc1cc(C(=O)N2CCC3(CC2)c2nc[nH]c2CCN3C(=O)C2CC2)ccc1O. The van der Waals surface area contributed by atoms with Crippen LogP contribution in [0.2, 0.25) is 0 Å². The van der Waals surface area contributed by atoms with Crippen molar-refractivity contribution in [2.75, 3.05) is 19.6 Å². The van der Waals surface area contributed by atoms with E-state index in [9.17, 15) is 14.7 Å². The minimum absolute atomic E-state index is 0.0268. The van der Waals surface area contributed by atoms with Gasteiger partial charge in [0.1, 0.15) is 5.75 Å². The summed E-state index contributed by atoms with van der Waals surface area (Å²) in [5.41, 5.74) is 2.99. The van der Waals surface area contributed by atoms with Crippen LogP contribution in [0.1, 0.15) is 53.0 Å². The molecule has 2 fully saturated rings. The van der Waals surface area contributed by atoms with Gasteiger partial charge in [-0.05, 0) is 56.4 Å². The smallest absolute Gasteiger partial charge is 0.253 e. The average Bonchev–Trinajstić information content (AvgIpc) is 3.47. The van der Waals surface area contributed by atoms with Crippen molar-refractivity contribution >= 4 is 11.8 Å². The normalized spacial score (nSPS) is 20.6. The first-order valence-electron chi connectivity index (χ1n) is 10.4. The van der Waals surface area contributed by atoms with Crippen molar-refractivity contribution in [3.63, 3.8) is 0 Å². The van der Waals surface area contributed by atoms with E-state index in [1.165, 1.54) is 0 Å². The van der Waals surface area contributed by atoms with Gasteiger partial charge in [-0.25, -0.2) is 4.98 Å². The molecule has 2 aliphatic heterocycles. The number of hydrogen-bond acceptors (Lipinski definition) is 4. The first-order chi connectivity index (χ1) is 14.0. The van der Waals surface area contributed by atoms with E-state index >= 15 is 0 Å². The number of fused-ring (bicyclic) bond motifs is 2. The molecule has 1 saturated heterocycles. The molecule has 0 radical (unpaired) electrons. The molecule has 29 heavy (non-hydrogen) atoms. The summed E-state index contributed by atoms with van der Waals surface area (Å²) in [4.78, 5) is 37.9. The van der Waals surface area contributed by atoms with E-state index in [0.717, 1.165) is 37.2 Å². The molecular formula is C22H26N4O3. The molecule has 1 aromatic heterocycles. The second kappa shape index (κ2) is 6.61. The standard InChI is InChI=1S/C22H26N4O3/c1-14-12-16(4-5-18(14)27)20(28)25-10-7-22(8-11-25)19-17(23-13-24-19)6-9-26(22)21(29)15-2-3-15/h4-5,12-13,15,27H,2-3,6-11H2,1H3,(H,23,24). The Bertz CT molecular complexity index is 970. The largest absolute Gasteiger partial charge is 0.508 e. The first kappa shape index (κ1) is 18.2. The molecule has 3 aliphatic rings. The number of imidazole rings is 1. The molecule has 0 bridgehead atoms. The maximum absolute atomic E-state index is 13.1. The predicted molar refractivity (Wildman–Crippen MR) is 106 cm³/mol.